The summed E-state index contributed by atoms with van der Waals surface area (Å²) in [6.07, 6.45) is 0.715. The van der Waals surface area contributed by atoms with Crippen LogP contribution >= 0.6 is 11.6 Å². The number of ketones is 1. The molecule has 0 saturated carbocycles. The summed E-state index contributed by atoms with van der Waals surface area (Å²) in [4.78, 5) is 12.6. The molecular formula is C16H12ClFO2. The van der Waals surface area contributed by atoms with Crippen molar-refractivity contribution >= 4 is 17.4 Å². The third-order valence-corrected chi connectivity index (χ3v) is 3.58. The number of rotatable bonds is 2. The number of ether oxygens (including phenoxy) is 1. The van der Waals surface area contributed by atoms with Gasteiger partial charge in [0.1, 0.15) is 11.6 Å². The summed E-state index contributed by atoms with van der Waals surface area (Å²) in [6, 6.07) is 7.79. The van der Waals surface area contributed by atoms with Gasteiger partial charge in [0.25, 0.3) is 0 Å². The predicted molar refractivity (Wildman–Crippen MR) is 75.2 cm³/mol. The van der Waals surface area contributed by atoms with E-state index in [4.69, 9.17) is 16.3 Å². The minimum atomic E-state index is -0.535. The van der Waals surface area contributed by atoms with Crippen LogP contribution in [-0.4, -0.2) is 12.4 Å². The van der Waals surface area contributed by atoms with E-state index >= 15 is 0 Å². The van der Waals surface area contributed by atoms with E-state index in [1.807, 2.05) is 6.92 Å². The zero-order chi connectivity index (χ0) is 14.3. The van der Waals surface area contributed by atoms with E-state index in [9.17, 15) is 9.18 Å². The number of hydrogen-bond donors (Lipinski definition) is 0. The lowest BCUT2D eigenvalue weighted by molar-refractivity contribution is 0.103. The maximum Gasteiger partial charge on any atom is 0.199 e. The summed E-state index contributed by atoms with van der Waals surface area (Å²) < 4.78 is 19.4. The fourth-order valence-corrected chi connectivity index (χ4v) is 2.64. The number of benzene rings is 2. The molecule has 2 nitrogen and oxygen atoms in total. The average molecular weight is 291 g/mol. The van der Waals surface area contributed by atoms with Crippen molar-refractivity contribution in [3.63, 3.8) is 0 Å². The van der Waals surface area contributed by atoms with Crippen LogP contribution in [0.5, 0.6) is 5.75 Å². The van der Waals surface area contributed by atoms with Gasteiger partial charge in [0.15, 0.2) is 5.78 Å². The molecule has 20 heavy (non-hydrogen) atoms. The lowest BCUT2D eigenvalue weighted by atomic mass is 9.98. The molecule has 2 aromatic carbocycles. The zero-order valence-corrected chi connectivity index (χ0v) is 11.6. The Morgan fingerprint density at radius 3 is 2.85 bits per heavy atom. The molecule has 0 saturated heterocycles. The Morgan fingerprint density at radius 1 is 1.25 bits per heavy atom. The van der Waals surface area contributed by atoms with Crippen molar-refractivity contribution in [1.29, 1.82) is 0 Å². The second kappa shape index (κ2) is 4.91. The lowest BCUT2D eigenvalue weighted by Gasteiger charge is -2.09. The van der Waals surface area contributed by atoms with Gasteiger partial charge in [0, 0.05) is 11.4 Å². The molecule has 0 radical (unpaired) electrons. The summed E-state index contributed by atoms with van der Waals surface area (Å²) in [5.74, 6) is -0.403. The Hall–Kier alpha value is -1.87. The first kappa shape index (κ1) is 13.1. The molecular weight excluding hydrogens is 279 g/mol. The van der Waals surface area contributed by atoms with Gasteiger partial charge >= 0.3 is 0 Å². The second-order valence-corrected chi connectivity index (χ2v) is 5.29. The minimum absolute atomic E-state index is 0.0463. The fourth-order valence-electron chi connectivity index (χ4n) is 2.40. The molecule has 0 amide bonds. The highest BCUT2D eigenvalue weighted by Gasteiger charge is 2.24. The molecule has 1 heterocycles. The Balaban J connectivity index is 2.14. The Labute approximate surface area is 121 Å². The molecule has 2 aromatic rings. The normalized spacial score (nSPS) is 12.9. The van der Waals surface area contributed by atoms with E-state index in [0.29, 0.717) is 29.4 Å². The second-order valence-electron chi connectivity index (χ2n) is 4.85. The van der Waals surface area contributed by atoms with Gasteiger partial charge in [-0.2, -0.15) is 0 Å². The van der Waals surface area contributed by atoms with Gasteiger partial charge in [-0.15, -0.1) is 0 Å². The highest BCUT2D eigenvalue weighted by Crippen LogP contribution is 2.34. The van der Waals surface area contributed by atoms with Crippen molar-refractivity contribution in [2.45, 2.75) is 13.3 Å². The van der Waals surface area contributed by atoms with E-state index in [2.05, 4.69) is 0 Å². The molecule has 4 heteroatoms. The molecule has 0 bridgehead atoms. The fraction of sp³-hybridized carbons (Fsp3) is 0.188. The van der Waals surface area contributed by atoms with Gasteiger partial charge in [-0.25, -0.2) is 4.39 Å². The van der Waals surface area contributed by atoms with Crippen LogP contribution < -0.4 is 4.74 Å². The third kappa shape index (κ3) is 2.18. The van der Waals surface area contributed by atoms with E-state index in [1.165, 1.54) is 12.1 Å². The lowest BCUT2D eigenvalue weighted by Crippen LogP contribution is -2.07. The Morgan fingerprint density at radius 2 is 2.05 bits per heavy atom. The summed E-state index contributed by atoms with van der Waals surface area (Å²) in [5, 5.41) is 0.464. The van der Waals surface area contributed by atoms with Crippen LogP contribution in [-0.2, 0) is 6.42 Å². The molecule has 102 valence electrons. The summed E-state index contributed by atoms with van der Waals surface area (Å²) in [6.45, 7) is 2.33. The van der Waals surface area contributed by atoms with E-state index < -0.39 is 11.6 Å². The van der Waals surface area contributed by atoms with Crippen LogP contribution in [0.25, 0.3) is 0 Å². The number of halogens is 2. The molecule has 0 atom stereocenters. The molecule has 0 aliphatic carbocycles. The quantitative estimate of drug-likeness (QED) is 0.783. The average Bonchev–Trinajstić information content (AvgIpc) is 2.87. The standard InChI is InChI=1S/C16H12ClFO2/c1-9-2-3-14(18)12(6-9)15(19)13-8-11(17)7-10-4-5-20-16(10)13/h2-3,6-8H,4-5H2,1H3. The smallest absolute Gasteiger partial charge is 0.199 e. The monoisotopic (exact) mass is 290 g/mol. The SMILES string of the molecule is Cc1ccc(F)c(C(=O)c2cc(Cl)cc3c2OCC3)c1. The highest BCUT2D eigenvalue weighted by atomic mass is 35.5. The van der Waals surface area contributed by atoms with Gasteiger partial charge in [-0.05, 0) is 36.8 Å². The largest absolute Gasteiger partial charge is 0.492 e. The van der Waals surface area contributed by atoms with Crippen LogP contribution in [0.2, 0.25) is 5.02 Å². The van der Waals surface area contributed by atoms with Gasteiger partial charge in [-0.3, -0.25) is 4.79 Å². The van der Waals surface area contributed by atoms with Crippen LogP contribution in [0.4, 0.5) is 4.39 Å². The molecule has 0 spiro atoms. The number of carbonyl (C=O) groups is 1. The maximum absolute atomic E-state index is 13.9. The molecule has 0 aromatic heterocycles. The van der Waals surface area contributed by atoms with Crippen molar-refractivity contribution < 1.29 is 13.9 Å². The maximum atomic E-state index is 13.9. The van der Waals surface area contributed by atoms with Crippen molar-refractivity contribution in [3.8, 4) is 5.75 Å². The van der Waals surface area contributed by atoms with Crippen LogP contribution in [0.3, 0.4) is 0 Å². The van der Waals surface area contributed by atoms with Crippen molar-refractivity contribution in [1.82, 2.24) is 0 Å². The third-order valence-electron chi connectivity index (χ3n) is 3.36. The van der Waals surface area contributed by atoms with Gasteiger partial charge < -0.3 is 4.74 Å². The predicted octanol–water partition coefficient (Wildman–Crippen LogP) is 3.95. The molecule has 0 fully saturated rings. The minimum Gasteiger partial charge on any atom is -0.492 e. The Bertz CT molecular complexity index is 710. The van der Waals surface area contributed by atoms with E-state index in [0.717, 1.165) is 11.1 Å². The van der Waals surface area contributed by atoms with Gasteiger partial charge in [0.05, 0.1) is 17.7 Å². The van der Waals surface area contributed by atoms with Crippen LogP contribution in [0, 0.1) is 12.7 Å². The Kier molecular flexibility index (Phi) is 3.22. The first-order valence-corrected chi connectivity index (χ1v) is 6.70. The highest BCUT2D eigenvalue weighted by molar-refractivity contribution is 6.31. The van der Waals surface area contributed by atoms with Crippen LogP contribution in [0.15, 0.2) is 30.3 Å². The number of fused-ring (bicyclic) bond motifs is 1. The molecule has 3 rings (SSSR count). The molecule has 0 unspecified atom stereocenters. The van der Waals surface area contributed by atoms with Crippen molar-refractivity contribution in [2.24, 2.45) is 0 Å². The van der Waals surface area contributed by atoms with Gasteiger partial charge in [0.2, 0.25) is 0 Å². The van der Waals surface area contributed by atoms with Crippen molar-refractivity contribution in [3.05, 3.63) is 63.4 Å². The van der Waals surface area contributed by atoms with E-state index in [-0.39, 0.29) is 5.56 Å². The summed E-state index contributed by atoms with van der Waals surface area (Å²) in [7, 11) is 0. The van der Waals surface area contributed by atoms with Crippen molar-refractivity contribution in [2.75, 3.05) is 6.61 Å². The van der Waals surface area contributed by atoms with Crippen LogP contribution in [0.1, 0.15) is 27.0 Å². The molecule has 1 aliphatic heterocycles. The number of carbonyl (C=O) groups excluding carboxylic acids is 1. The molecule has 0 N–H and O–H groups in total. The van der Waals surface area contributed by atoms with E-state index in [1.54, 1.807) is 18.2 Å². The summed E-state index contributed by atoms with van der Waals surface area (Å²) >= 11 is 6.03. The number of hydrogen-bond acceptors (Lipinski definition) is 2. The molecule has 1 aliphatic rings. The first-order valence-electron chi connectivity index (χ1n) is 6.32. The van der Waals surface area contributed by atoms with Gasteiger partial charge in [-0.1, -0.05) is 23.2 Å². The summed E-state index contributed by atoms with van der Waals surface area (Å²) in [5.41, 5.74) is 2.10. The number of aryl methyl sites for hydroxylation is 1. The first-order chi connectivity index (χ1) is 9.56. The topological polar surface area (TPSA) is 26.3 Å². The zero-order valence-electron chi connectivity index (χ0n) is 10.9.